The summed E-state index contributed by atoms with van der Waals surface area (Å²) in [6, 6.07) is 7.65. The molecule has 0 aliphatic heterocycles. The highest BCUT2D eigenvalue weighted by molar-refractivity contribution is 5.35. The molecule has 20 heavy (non-hydrogen) atoms. The first-order chi connectivity index (χ1) is 9.52. The van der Waals surface area contributed by atoms with Gasteiger partial charge in [0.1, 0.15) is 11.6 Å². The zero-order chi connectivity index (χ0) is 14.7. The van der Waals surface area contributed by atoms with E-state index in [-0.39, 0.29) is 12.0 Å². The minimum absolute atomic E-state index is 0.0604. The van der Waals surface area contributed by atoms with Gasteiger partial charge in [0.15, 0.2) is 11.6 Å². The number of rotatable bonds is 4. The van der Waals surface area contributed by atoms with E-state index in [1.54, 1.807) is 24.3 Å². The SMILES string of the molecule is COc1ccccc1CC(N)c1cc(F)c(F)cc1F. The molecule has 2 rings (SSSR count). The number of hydrogen-bond acceptors (Lipinski definition) is 2. The normalized spacial score (nSPS) is 12.2. The van der Waals surface area contributed by atoms with Crippen LogP contribution >= 0.6 is 0 Å². The van der Waals surface area contributed by atoms with Crippen LogP contribution < -0.4 is 10.5 Å². The Balaban J connectivity index is 2.28. The second-order valence-electron chi connectivity index (χ2n) is 4.41. The van der Waals surface area contributed by atoms with Crippen molar-refractivity contribution in [2.24, 2.45) is 5.73 Å². The summed E-state index contributed by atoms with van der Waals surface area (Å²) in [6.07, 6.45) is 0.256. The smallest absolute Gasteiger partial charge is 0.161 e. The molecule has 1 atom stereocenters. The lowest BCUT2D eigenvalue weighted by molar-refractivity contribution is 0.407. The predicted molar refractivity (Wildman–Crippen MR) is 69.9 cm³/mol. The molecule has 2 N–H and O–H groups in total. The van der Waals surface area contributed by atoms with E-state index in [0.29, 0.717) is 11.8 Å². The summed E-state index contributed by atoms with van der Waals surface area (Å²) in [5.41, 5.74) is 6.60. The van der Waals surface area contributed by atoms with Crippen LogP contribution in [-0.2, 0) is 6.42 Å². The third-order valence-electron chi connectivity index (χ3n) is 3.07. The van der Waals surface area contributed by atoms with Crippen LogP contribution in [-0.4, -0.2) is 7.11 Å². The molecule has 2 aromatic carbocycles. The molecule has 0 heterocycles. The minimum atomic E-state index is -1.23. The van der Waals surface area contributed by atoms with Gasteiger partial charge in [0.25, 0.3) is 0 Å². The maximum Gasteiger partial charge on any atom is 0.161 e. The fourth-order valence-electron chi connectivity index (χ4n) is 2.04. The molecular weight excluding hydrogens is 267 g/mol. The zero-order valence-corrected chi connectivity index (χ0v) is 10.9. The molecule has 0 saturated heterocycles. The summed E-state index contributed by atoms with van der Waals surface area (Å²) in [7, 11) is 1.52. The number of benzene rings is 2. The van der Waals surface area contributed by atoms with Gasteiger partial charge < -0.3 is 10.5 Å². The van der Waals surface area contributed by atoms with E-state index in [2.05, 4.69) is 0 Å². The third kappa shape index (κ3) is 2.93. The highest BCUT2D eigenvalue weighted by Gasteiger charge is 2.17. The predicted octanol–water partition coefficient (Wildman–Crippen LogP) is 3.36. The first-order valence-corrected chi connectivity index (χ1v) is 6.05. The lowest BCUT2D eigenvalue weighted by atomic mass is 9.98. The van der Waals surface area contributed by atoms with Crippen LogP contribution in [0.15, 0.2) is 36.4 Å². The largest absolute Gasteiger partial charge is 0.496 e. The molecule has 1 unspecified atom stereocenters. The second kappa shape index (κ2) is 5.96. The number of nitrogens with two attached hydrogens (primary N) is 1. The molecule has 0 aliphatic carbocycles. The fourth-order valence-corrected chi connectivity index (χ4v) is 2.04. The molecule has 0 saturated carbocycles. The van der Waals surface area contributed by atoms with Crippen LogP contribution in [0.4, 0.5) is 13.2 Å². The van der Waals surface area contributed by atoms with Crippen molar-refractivity contribution in [3.05, 3.63) is 65.0 Å². The van der Waals surface area contributed by atoms with Gasteiger partial charge in [0.05, 0.1) is 7.11 Å². The van der Waals surface area contributed by atoms with Gasteiger partial charge in [-0.05, 0) is 24.1 Å². The minimum Gasteiger partial charge on any atom is -0.496 e. The molecule has 0 amide bonds. The summed E-state index contributed by atoms with van der Waals surface area (Å²) < 4.78 is 44.9. The van der Waals surface area contributed by atoms with E-state index >= 15 is 0 Å². The Morgan fingerprint density at radius 2 is 1.70 bits per heavy atom. The number of hydrogen-bond donors (Lipinski definition) is 1. The Morgan fingerprint density at radius 3 is 2.40 bits per heavy atom. The van der Waals surface area contributed by atoms with E-state index in [9.17, 15) is 13.2 Å². The van der Waals surface area contributed by atoms with Gasteiger partial charge in [-0.15, -0.1) is 0 Å². The van der Waals surface area contributed by atoms with Crippen molar-refractivity contribution in [2.45, 2.75) is 12.5 Å². The molecule has 5 heteroatoms. The van der Waals surface area contributed by atoms with Crippen LogP contribution in [0.5, 0.6) is 5.75 Å². The number of halogens is 3. The van der Waals surface area contributed by atoms with E-state index in [4.69, 9.17) is 10.5 Å². The van der Waals surface area contributed by atoms with Crippen molar-refractivity contribution >= 4 is 0 Å². The van der Waals surface area contributed by atoms with Crippen molar-refractivity contribution < 1.29 is 17.9 Å². The van der Waals surface area contributed by atoms with Crippen molar-refractivity contribution in [1.82, 2.24) is 0 Å². The Bertz CT molecular complexity index is 616. The fraction of sp³-hybridized carbons (Fsp3) is 0.200. The summed E-state index contributed by atoms with van der Waals surface area (Å²) in [5, 5.41) is 0. The van der Waals surface area contributed by atoms with Crippen molar-refractivity contribution in [3.8, 4) is 5.75 Å². The van der Waals surface area contributed by atoms with E-state index in [1.165, 1.54) is 7.11 Å². The summed E-state index contributed by atoms with van der Waals surface area (Å²) in [4.78, 5) is 0. The van der Waals surface area contributed by atoms with E-state index in [0.717, 1.165) is 11.6 Å². The lowest BCUT2D eigenvalue weighted by Gasteiger charge is -2.15. The number of ether oxygens (including phenoxy) is 1. The summed E-state index contributed by atoms with van der Waals surface area (Å²) in [5.74, 6) is -2.58. The first-order valence-electron chi connectivity index (χ1n) is 6.05. The molecule has 2 nitrogen and oxygen atoms in total. The van der Waals surface area contributed by atoms with E-state index in [1.807, 2.05) is 0 Å². The first kappa shape index (κ1) is 14.4. The number of para-hydroxylation sites is 1. The molecule has 0 fully saturated rings. The van der Waals surface area contributed by atoms with Crippen molar-refractivity contribution in [2.75, 3.05) is 7.11 Å². The van der Waals surface area contributed by atoms with Crippen LogP contribution in [0, 0.1) is 17.5 Å². The second-order valence-corrected chi connectivity index (χ2v) is 4.41. The quantitative estimate of drug-likeness (QED) is 0.872. The maximum atomic E-state index is 13.6. The summed E-state index contributed by atoms with van der Waals surface area (Å²) >= 11 is 0. The van der Waals surface area contributed by atoms with Gasteiger partial charge >= 0.3 is 0 Å². The molecular formula is C15H14F3NO. The molecule has 0 aliphatic rings. The zero-order valence-electron chi connectivity index (χ0n) is 10.9. The third-order valence-corrected chi connectivity index (χ3v) is 3.07. The average Bonchev–Trinajstić information content (AvgIpc) is 2.43. The Morgan fingerprint density at radius 1 is 1.05 bits per heavy atom. The van der Waals surface area contributed by atoms with Crippen LogP contribution in [0.3, 0.4) is 0 Å². The van der Waals surface area contributed by atoms with Crippen molar-refractivity contribution in [1.29, 1.82) is 0 Å². The van der Waals surface area contributed by atoms with Gasteiger partial charge in [0, 0.05) is 17.7 Å². The topological polar surface area (TPSA) is 35.2 Å². The van der Waals surface area contributed by atoms with Crippen LogP contribution in [0.25, 0.3) is 0 Å². The highest BCUT2D eigenvalue weighted by Crippen LogP contribution is 2.26. The van der Waals surface area contributed by atoms with Gasteiger partial charge in [-0.3, -0.25) is 0 Å². The molecule has 2 aromatic rings. The Kier molecular flexibility index (Phi) is 4.29. The molecule has 106 valence electrons. The molecule has 0 bridgehead atoms. The average molecular weight is 281 g/mol. The van der Waals surface area contributed by atoms with Crippen LogP contribution in [0.1, 0.15) is 17.2 Å². The Labute approximate surface area is 115 Å². The molecule has 0 aromatic heterocycles. The highest BCUT2D eigenvalue weighted by atomic mass is 19.2. The van der Waals surface area contributed by atoms with Gasteiger partial charge in [0.2, 0.25) is 0 Å². The van der Waals surface area contributed by atoms with Gasteiger partial charge in [-0.2, -0.15) is 0 Å². The lowest BCUT2D eigenvalue weighted by Crippen LogP contribution is -2.16. The van der Waals surface area contributed by atoms with Crippen LogP contribution in [0.2, 0.25) is 0 Å². The maximum absolute atomic E-state index is 13.6. The summed E-state index contributed by atoms with van der Waals surface area (Å²) in [6.45, 7) is 0. The monoisotopic (exact) mass is 281 g/mol. The van der Waals surface area contributed by atoms with Gasteiger partial charge in [-0.25, -0.2) is 13.2 Å². The Hall–Kier alpha value is -2.01. The molecule has 0 radical (unpaired) electrons. The van der Waals surface area contributed by atoms with Gasteiger partial charge in [-0.1, -0.05) is 18.2 Å². The number of methoxy groups -OCH3 is 1. The standard InChI is InChI=1S/C15H14F3NO/c1-20-15-5-3-2-4-9(15)6-14(19)10-7-12(17)13(18)8-11(10)16/h2-5,7-8,14H,6,19H2,1H3. The van der Waals surface area contributed by atoms with E-state index < -0.39 is 23.5 Å². The molecule has 0 spiro atoms. The van der Waals surface area contributed by atoms with Crippen molar-refractivity contribution in [3.63, 3.8) is 0 Å².